The molecule has 0 aromatic rings. The van der Waals surface area contributed by atoms with Gasteiger partial charge in [0.2, 0.25) is 0 Å². The number of imide groups is 1. The Labute approximate surface area is 87.6 Å². The van der Waals surface area contributed by atoms with E-state index in [1.165, 1.54) is 0 Å². The Balaban J connectivity index is 2.21. The molecule has 0 aromatic heterocycles. The molecule has 1 heterocycles. The van der Waals surface area contributed by atoms with Gasteiger partial charge in [-0.3, -0.25) is 4.79 Å². The van der Waals surface area contributed by atoms with Crippen molar-refractivity contribution >= 4 is 23.5 Å². The van der Waals surface area contributed by atoms with Gasteiger partial charge in [-0.2, -0.15) is 0 Å². The third-order valence-corrected chi connectivity index (χ3v) is 3.31. The summed E-state index contributed by atoms with van der Waals surface area (Å²) < 4.78 is 0. The molecule has 1 aliphatic carbocycles. The standard InChI is InChI=1S/C9H13ClN2O2/c10-6-12-7(13)9(11-8(12)14)4-2-1-3-5-9/h1-6H2,(H,11,14). The van der Waals surface area contributed by atoms with Gasteiger partial charge in [0.05, 0.1) is 0 Å². The summed E-state index contributed by atoms with van der Waals surface area (Å²) in [5, 5.41) is 2.77. The molecule has 14 heavy (non-hydrogen) atoms. The Morgan fingerprint density at radius 2 is 1.93 bits per heavy atom. The predicted molar refractivity (Wildman–Crippen MR) is 51.9 cm³/mol. The van der Waals surface area contributed by atoms with Crippen molar-refractivity contribution in [3.05, 3.63) is 0 Å². The van der Waals surface area contributed by atoms with E-state index in [9.17, 15) is 9.59 Å². The van der Waals surface area contributed by atoms with Gasteiger partial charge >= 0.3 is 6.03 Å². The molecule has 1 saturated carbocycles. The van der Waals surface area contributed by atoms with Gasteiger partial charge in [0.25, 0.3) is 5.91 Å². The molecule has 2 fully saturated rings. The van der Waals surface area contributed by atoms with Gasteiger partial charge in [-0.1, -0.05) is 19.3 Å². The van der Waals surface area contributed by atoms with Gasteiger partial charge < -0.3 is 5.32 Å². The Hall–Kier alpha value is -0.770. The number of halogens is 1. The average molecular weight is 217 g/mol. The fraction of sp³-hybridized carbons (Fsp3) is 0.778. The maximum atomic E-state index is 11.9. The highest BCUT2D eigenvalue weighted by molar-refractivity contribution is 6.21. The van der Waals surface area contributed by atoms with E-state index in [0.717, 1.165) is 37.0 Å². The lowest BCUT2D eigenvalue weighted by molar-refractivity contribution is -0.131. The molecular formula is C9H13ClN2O2. The second-order valence-electron chi connectivity index (χ2n) is 3.93. The molecule has 5 heteroatoms. The number of rotatable bonds is 1. The summed E-state index contributed by atoms with van der Waals surface area (Å²) in [7, 11) is 0. The number of amides is 3. The SMILES string of the molecule is O=C1NC2(CCCCC2)C(=O)N1CCl. The molecule has 3 amide bonds. The predicted octanol–water partition coefficient (Wildman–Crippen LogP) is 1.44. The molecule has 1 aliphatic heterocycles. The van der Waals surface area contributed by atoms with Gasteiger partial charge in [-0.05, 0) is 12.8 Å². The minimum atomic E-state index is -0.621. The molecule has 4 nitrogen and oxygen atoms in total. The third-order valence-electron chi connectivity index (χ3n) is 3.07. The van der Waals surface area contributed by atoms with Crippen LogP contribution in [0.4, 0.5) is 4.79 Å². The van der Waals surface area contributed by atoms with Crippen LogP contribution in [0.5, 0.6) is 0 Å². The number of carbonyl (C=O) groups is 2. The van der Waals surface area contributed by atoms with Gasteiger partial charge in [-0.15, -0.1) is 11.6 Å². The number of hydrogen-bond donors (Lipinski definition) is 1. The van der Waals surface area contributed by atoms with Crippen LogP contribution in [0, 0.1) is 0 Å². The van der Waals surface area contributed by atoms with Crippen LogP contribution in [-0.4, -0.2) is 28.4 Å². The van der Waals surface area contributed by atoms with Crippen LogP contribution in [0.2, 0.25) is 0 Å². The smallest absolute Gasteiger partial charge is 0.323 e. The second-order valence-corrected chi connectivity index (χ2v) is 4.16. The molecule has 1 spiro atoms. The topological polar surface area (TPSA) is 49.4 Å². The number of alkyl halides is 1. The molecule has 2 rings (SSSR count). The molecule has 78 valence electrons. The summed E-state index contributed by atoms with van der Waals surface area (Å²) in [4.78, 5) is 24.4. The highest BCUT2D eigenvalue weighted by Crippen LogP contribution is 2.33. The summed E-state index contributed by atoms with van der Waals surface area (Å²) in [5.74, 6) is -0.141. The average Bonchev–Trinajstić information content (AvgIpc) is 2.40. The zero-order valence-electron chi connectivity index (χ0n) is 7.88. The first kappa shape index (κ1) is 9.77. The lowest BCUT2D eigenvalue weighted by Crippen LogP contribution is -2.48. The second kappa shape index (κ2) is 3.42. The molecule has 1 N–H and O–H groups in total. The highest BCUT2D eigenvalue weighted by Gasteiger charge is 2.50. The normalized spacial score (nSPS) is 25.6. The molecule has 2 aliphatic rings. The van der Waals surface area contributed by atoms with E-state index in [4.69, 9.17) is 11.6 Å². The van der Waals surface area contributed by atoms with E-state index < -0.39 is 5.54 Å². The van der Waals surface area contributed by atoms with Crippen LogP contribution < -0.4 is 5.32 Å². The Bertz CT molecular complexity index is 274. The van der Waals surface area contributed by atoms with Crippen molar-refractivity contribution in [2.75, 3.05) is 6.00 Å². The van der Waals surface area contributed by atoms with E-state index in [1.807, 2.05) is 0 Å². The summed E-state index contributed by atoms with van der Waals surface area (Å²) in [5.41, 5.74) is -0.621. The van der Waals surface area contributed by atoms with Crippen molar-refractivity contribution in [2.24, 2.45) is 0 Å². The van der Waals surface area contributed by atoms with Crippen LogP contribution in [0.3, 0.4) is 0 Å². The van der Waals surface area contributed by atoms with Crippen LogP contribution >= 0.6 is 11.6 Å². The summed E-state index contributed by atoms with van der Waals surface area (Å²) >= 11 is 5.54. The van der Waals surface area contributed by atoms with Crippen molar-refractivity contribution in [3.8, 4) is 0 Å². The fourth-order valence-electron chi connectivity index (χ4n) is 2.28. The Kier molecular flexibility index (Phi) is 2.39. The van der Waals surface area contributed by atoms with Gasteiger partial charge in [0.15, 0.2) is 0 Å². The molecular weight excluding hydrogens is 204 g/mol. The van der Waals surface area contributed by atoms with Gasteiger partial charge in [0.1, 0.15) is 11.5 Å². The number of carbonyl (C=O) groups excluding carboxylic acids is 2. The Morgan fingerprint density at radius 1 is 1.29 bits per heavy atom. The van der Waals surface area contributed by atoms with E-state index in [2.05, 4.69) is 5.32 Å². The van der Waals surface area contributed by atoms with Crippen LogP contribution in [0.1, 0.15) is 32.1 Å². The lowest BCUT2D eigenvalue weighted by atomic mass is 9.82. The fourth-order valence-corrected chi connectivity index (χ4v) is 2.50. The van der Waals surface area contributed by atoms with Crippen LogP contribution in [-0.2, 0) is 4.79 Å². The first-order chi connectivity index (χ1) is 6.69. The molecule has 0 aromatic carbocycles. The number of nitrogens with zero attached hydrogens (tertiary/aromatic N) is 1. The number of hydrogen-bond acceptors (Lipinski definition) is 2. The monoisotopic (exact) mass is 216 g/mol. The van der Waals surface area contributed by atoms with Gasteiger partial charge in [-0.25, -0.2) is 9.69 Å². The van der Waals surface area contributed by atoms with Crippen molar-refractivity contribution in [1.82, 2.24) is 10.2 Å². The highest BCUT2D eigenvalue weighted by atomic mass is 35.5. The van der Waals surface area contributed by atoms with E-state index in [1.54, 1.807) is 0 Å². The minimum Gasteiger partial charge on any atom is -0.323 e. The maximum absolute atomic E-state index is 11.9. The zero-order valence-corrected chi connectivity index (χ0v) is 8.64. The first-order valence-corrected chi connectivity index (χ1v) is 5.43. The van der Waals surface area contributed by atoms with E-state index >= 15 is 0 Å². The number of urea groups is 1. The largest absolute Gasteiger partial charge is 0.326 e. The molecule has 0 radical (unpaired) electrons. The molecule has 0 atom stereocenters. The van der Waals surface area contributed by atoms with Crippen molar-refractivity contribution in [2.45, 2.75) is 37.6 Å². The minimum absolute atomic E-state index is 0.0492. The van der Waals surface area contributed by atoms with E-state index in [0.29, 0.717) is 0 Å². The third kappa shape index (κ3) is 1.29. The lowest BCUT2D eigenvalue weighted by Gasteiger charge is -2.30. The first-order valence-electron chi connectivity index (χ1n) is 4.90. The van der Waals surface area contributed by atoms with E-state index in [-0.39, 0.29) is 17.9 Å². The maximum Gasteiger partial charge on any atom is 0.326 e. The van der Waals surface area contributed by atoms with Crippen LogP contribution in [0.25, 0.3) is 0 Å². The molecule has 0 bridgehead atoms. The quantitative estimate of drug-likeness (QED) is 0.410. The van der Waals surface area contributed by atoms with Crippen molar-refractivity contribution in [3.63, 3.8) is 0 Å². The summed E-state index contributed by atoms with van der Waals surface area (Å²) in [6.45, 7) is 0. The van der Waals surface area contributed by atoms with Gasteiger partial charge in [0, 0.05) is 0 Å². The van der Waals surface area contributed by atoms with Crippen molar-refractivity contribution in [1.29, 1.82) is 0 Å². The molecule has 0 unspecified atom stereocenters. The van der Waals surface area contributed by atoms with Crippen LogP contribution in [0.15, 0.2) is 0 Å². The van der Waals surface area contributed by atoms with Crippen molar-refractivity contribution < 1.29 is 9.59 Å². The number of nitrogens with one attached hydrogen (secondary N) is 1. The summed E-state index contributed by atoms with van der Waals surface area (Å²) in [6, 6.07) is -0.390. The zero-order chi connectivity index (χ0) is 10.2. The molecule has 1 saturated heterocycles. The summed E-state index contributed by atoms with van der Waals surface area (Å²) in [6.07, 6.45) is 4.66. The Morgan fingerprint density at radius 3 is 2.43 bits per heavy atom.